The van der Waals surface area contributed by atoms with E-state index in [0.29, 0.717) is 47.3 Å². The highest BCUT2D eigenvalue weighted by atomic mass is 35.5. The molecule has 4 aromatic carbocycles. The van der Waals surface area contributed by atoms with E-state index in [4.69, 9.17) is 50.0 Å². The first-order chi connectivity index (χ1) is 32.4. The average Bonchev–Trinajstić information content (AvgIpc) is 3.82. The molecule has 350 valence electrons. The zero-order valence-electron chi connectivity index (χ0n) is 37.4. The van der Waals surface area contributed by atoms with Gasteiger partial charge >= 0.3 is 6.09 Å². The maximum absolute atomic E-state index is 14.7. The number of oxime groups is 1. The van der Waals surface area contributed by atoms with Crippen molar-refractivity contribution in [3.63, 3.8) is 0 Å². The van der Waals surface area contributed by atoms with Crippen LogP contribution in [0.3, 0.4) is 0 Å². The number of rotatable bonds is 22. The fourth-order valence-electron chi connectivity index (χ4n) is 10.00. The third kappa shape index (κ3) is 10.5. The molecule has 0 saturated heterocycles. The van der Waals surface area contributed by atoms with Crippen LogP contribution in [0.4, 0.5) is 4.79 Å². The Balaban J connectivity index is 1.32. The lowest BCUT2D eigenvalue weighted by atomic mass is 9.55. The molecule has 4 aliphatic rings. The molecule has 1 amide bonds. The lowest BCUT2D eigenvalue weighted by Gasteiger charge is -2.59. The number of halogens is 1. The Morgan fingerprint density at radius 2 is 1.68 bits per heavy atom. The number of allylic oxidation sites excluding steroid dienone is 1. The molecule has 1 saturated carbocycles. The van der Waals surface area contributed by atoms with E-state index in [-0.39, 0.29) is 76.4 Å². The summed E-state index contributed by atoms with van der Waals surface area (Å²) in [6.45, 7) is 4.76. The monoisotopic (exact) mass is 938 g/mol. The topological polar surface area (TPSA) is 138 Å². The molecule has 14 heteroatoms. The summed E-state index contributed by atoms with van der Waals surface area (Å²) >= 11 is 7.82. The van der Waals surface area contributed by atoms with E-state index in [1.165, 1.54) is 0 Å². The third-order valence-corrected chi connectivity index (χ3v) is 13.8. The van der Waals surface area contributed by atoms with Crippen molar-refractivity contribution in [3.8, 4) is 28.7 Å². The minimum Gasteiger partial charge on any atom is -0.459 e. The molecule has 0 bridgehead atoms. The number of benzene rings is 4. The molecule has 6 atom stereocenters. The third-order valence-electron chi connectivity index (χ3n) is 12.9. The number of hydrogen-bond acceptors (Lipinski definition) is 12. The van der Waals surface area contributed by atoms with Gasteiger partial charge in [-0.3, -0.25) is 4.90 Å². The molecule has 8 rings (SSSR count). The highest BCUT2D eigenvalue weighted by Crippen LogP contribution is 2.62. The lowest BCUT2D eigenvalue weighted by Crippen LogP contribution is -2.70. The Morgan fingerprint density at radius 1 is 0.924 bits per heavy atom. The number of carbonyl (C=O) groups excluding carboxylic acids is 1. The summed E-state index contributed by atoms with van der Waals surface area (Å²) < 4.78 is 38.5. The Bertz CT molecular complexity index is 2330. The summed E-state index contributed by atoms with van der Waals surface area (Å²) in [5.74, 6) is 1.04. The smallest absolute Gasteiger partial charge is 0.410 e. The van der Waals surface area contributed by atoms with Crippen molar-refractivity contribution in [2.75, 3.05) is 45.4 Å². The van der Waals surface area contributed by atoms with Crippen molar-refractivity contribution in [1.29, 1.82) is 0 Å². The largest absolute Gasteiger partial charge is 0.459 e. The minimum atomic E-state index is -1.51. The van der Waals surface area contributed by atoms with Crippen LogP contribution >= 0.6 is 23.4 Å². The first-order valence-electron chi connectivity index (χ1n) is 22.8. The predicted molar refractivity (Wildman–Crippen MR) is 255 cm³/mol. The second kappa shape index (κ2) is 22.5. The Kier molecular flexibility index (Phi) is 16.2. The molecule has 0 radical (unpaired) electrons. The van der Waals surface area contributed by atoms with E-state index in [0.717, 1.165) is 52.8 Å². The quantitative estimate of drug-likeness (QED) is 0.0256. The first-order valence-corrected chi connectivity index (χ1v) is 24.6. The zero-order chi connectivity index (χ0) is 45.9. The van der Waals surface area contributed by atoms with Crippen molar-refractivity contribution < 1.29 is 48.3 Å². The number of ether oxygens (including phenoxy) is 6. The van der Waals surface area contributed by atoms with Gasteiger partial charge in [-0.05, 0) is 115 Å². The van der Waals surface area contributed by atoms with Crippen LogP contribution < -0.4 is 18.9 Å². The standard InChI is InChI=1S/C52H59ClN2O10S/c1-3-26-62-52-48(55(51(58)59-27-23-53)32-36-15-21-46-47(28-36)61-34-60-46)31-44(54-63-33-35-11-5-4-6-12-35)42-29-37(13-7-9-24-56)41(14-8-10-25-57)49(50(42)52)43-30-39(18-22-45(43)65-52)64-38-16-19-40(66-2)20-17-38/h3-6,11-12,15-22,28-30,37,41,48-50,56-57H,1,7-10,13-14,23-27,31-34H2,2H3. The molecule has 0 spiro atoms. The van der Waals surface area contributed by atoms with Gasteiger partial charge < -0.3 is 43.5 Å². The predicted octanol–water partition coefficient (Wildman–Crippen LogP) is 10.6. The van der Waals surface area contributed by atoms with Gasteiger partial charge in [0, 0.05) is 42.6 Å². The lowest BCUT2D eigenvalue weighted by molar-refractivity contribution is -0.256. The van der Waals surface area contributed by atoms with Gasteiger partial charge in [-0.2, -0.15) is 0 Å². The molecule has 66 heavy (non-hydrogen) atoms. The number of thioether (sulfide) groups is 1. The number of nitrogens with zero attached hydrogens (tertiary/aromatic N) is 2. The highest BCUT2D eigenvalue weighted by molar-refractivity contribution is 7.98. The van der Waals surface area contributed by atoms with Gasteiger partial charge in [-0.1, -0.05) is 66.5 Å². The second-order valence-electron chi connectivity index (χ2n) is 16.9. The van der Waals surface area contributed by atoms with Gasteiger partial charge in [-0.15, -0.1) is 29.9 Å². The van der Waals surface area contributed by atoms with Crippen molar-refractivity contribution in [3.05, 3.63) is 132 Å². The van der Waals surface area contributed by atoms with Crippen LogP contribution in [0, 0.1) is 17.8 Å². The normalized spacial score (nSPS) is 22.9. The first kappa shape index (κ1) is 47.3. The van der Waals surface area contributed by atoms with E-state index in [1.54, 1.807) is 22.7 Å². The van der Waals surface area contributed by atoms with Gasteiger partial charge in [0.2, 0.25) is 12.6 Å². The summed E-state index contributed by atoms with van der Waals surface area (Å²) in [5, 5.41) is 25.0. The van der Waals surface area contributed by atoms with Crippen molar-refractivity contribution in [1.82, 2.24) is 4.90 Å². The summed E-state index contributed by atoms with van der Waals surface area (Å²) in [4.78, 5) is 23.8. The van der Waals surface area contributed by atoms with Gasteiger partial charge in [0.1, 0.15) is 36.5 Å². The van der Waals surface area contributed by atoms with Crippen LogP contribution in [0.25, 0.3) is 0 Å². The molecule has 2 aliphatic carbocycles. The summed E-state index contributed by atoms with van der Waals surface area (Å²) in [5.41, 5.74) is 4.26. The molecule has 2 heterocycles. The van der Waals surface area contributed by atoms with Crippen LogP contribution in [0.1, 0.15) is 67.6 Å². The van der Waals surface area contributed by atoms with E-state index >= 15 is 0 Å². The molecule has 1 fully saturated rings. The van der Waals surface area contributed by atoms with Crippen molar-refractivity contribution >= 4 is 35.2 Å². The number of aliphatic hydroxyl groups excluding tert-OH is 2. The molecular weight excluding hydrogens is 880 g/mol. The van der Waals surface area contributed by atoms with Crippen LogP contribution in [-0.4, -0.2) is 84.1 Å². The van der Waals surface area contributed by atoms with Gasteiger partial charge in [0.05, 0.1) is 24.1 Å². The molecule has 12 nitrogen and oxygen atoms in total. The Hall–Kier alpha value is -5.18. The van der Waals surface area contributed by atoms with Crippen molar-refractivity contribution in [2.24, 2.45) is 22.9 Å². The van der Waals surface area contributed by atoms with Gasteiger partial charge in [0.15, 0.2) is 11.5 Å². The van der Waals surface area contributed by atoms with Crippen LogP contribution in [0.15, 0.2) is 125 Å². The van der Waals surface area contributed by atoms with Crippen LogP contribution in [0.5, 0.6) is 28.7 Å². The summed E-state index contributed by atoms with van der Waals surface area (Å²) in [7, 11) is 0. The molecular formula is C52H59ClN2O10S. The average molecular weight is 940 g/mol. The van der Waals surface area contributed by atoms with E-state index < -0.39 is 23.8 Å². The zero-order valence-corrected chi connectivity index (χ0v) is 38.9. The van der Waals surface area contributed by atoms with Crippen LogP contribution in [0.2, 0.25) is 0 Å². The van der Waals surface area contributed by atoms with Crippen LogP contribution in [-0.2, 0) is 27.5 Å². The fraction of sp³-hybridized carbons (Fsp3) is 0.423. The number of fused-ring (bicyclic) bond motifs is 3. The molecule has 4 aromatic rings. The Labute approximate surface area is 396 Å². The molecule has 2 N–H and O–H groups in total. The second-order valence-corrected chi connectivity index (χ2v) is 18.2. The highest BCUT2D eigenvalue weighted by Gasteiger charge is 2.65. The number of amides is 1. The SMILES string of the molecule is C=CCOC12Oc3ccc(Oc4ccc(SC)cc4)cc3C3C(CCCCO)C(CCCCO)C=C(C(=NOCc4ccccc4)CC1N(Cc1ccc4c(c1)OCO4)C(=O)OCCCl)C32. The number of hydrogen-bond donors (Lipinski definition) is 2. The van der Waals surface area contributed by atoms with E-state index in [1.807, 2.05) is 91.2 Å². The van der Waals surface area contributed by atoms with E-state index in [9.17, 15) is 15.0 Å². The molecule has 0 aromatic heterocycles. The molecule has 2 aliphatic heterocycles. The fourth-order valence-corrected chi connectivity index (χ4v) is 10.5. The molecule has 6 unspecified atom stereocenters. The Morgan fingerprint density at radius 3 is 2.44 bits per heavy atom. The minimum absolute atomic E-state index is 0.0153. The van der Waals surface area contributed by atoms with E-state index in [2.05, 4.69) is 18.7 Å². The summed E-state index contributed by atoms with van der Waals surface area (Å²) in [6, 6.07) is 28.6. The number of aliphatic hydroxyl groups is 2. The number of unbranched alkanes of at least 4 members (excludes halogenated alkanes) is 2. The maximum Gasteiger partial charge on any atom is 0.410 e. The number of carbonyl (C=O) groups is 1. The van der Waals surface area contributed by atoms with Gasteiger partial charge in [0.25, 0.3) is 0 Å². The summed E-state index contributed by atoms with van der Waals surface area (Å²) in [6.07, 6.45) is 10.1. The number of alkyl halides is 1. The maximum atomic E-state index is 14.7. The van der Waals surface area contributed by atoms with Crippen molar-refractivity contribution in [2.45, 2.75) is 80.7 Å². The van der Waals surface area contributed by atoms with Gasteiger partial charge in [-0.25, -0.2) is 4.79 Å².